The highest BCUT2D eigenvalue weighted by molar-refractivity contribution is 9.09. The molecule has 1 aromatic heterocycles. The van der Waals surface area contributed by atoms with Crippen LogP contribution in [0.15, 0.2) is 4.52 Å². The maximum Gasteiger partial charge on any atom is 0.240 e. The van der Waals surface area contributed by atoms with Crippen LogP contribution in [0.1, 0.15) is 49.3 Å². The van der Waals surface area contributed by atoms with Crippen molar-refractivity contribution in [2.24, 2.45) is 0 Å². The Bertz CT molecular complexity index is 274. The number of hydrogen-bond donors (Lipinski definition) is 0. The third-order valence-electron chi connectivity index (χ3n) is 2.03. The minimum absolute atomic E-state index is 0.0657. The minimum atomic E-state index is -0.0657. The van der Waals surface area contributed by atoms with Crippen LogP contribution in [0, 0.1) is 0 Å². The van der Waals surface area contributed by atoms with E-state index in [4.69, 9.17) is 9.26 Å². The van der Waals surface area contributed by atoms with Crippen molar-refractivity contribution in [3.05, 3.63) is 11.7 Å². The number of alkyl halides is 1. The highest BCUT2D eigenvalue weighted by atomic mass is 79.9. The third-order valence-corrected chi connectivity index (χ3v) is 3.07. The third kappa shape index (κ3) is 2.54. The van der Waals surface area contributed by atoms with Gasteiger partial charge in [0.2, 0.25) is 11.7 Å². The molecule has 2 atom stereocenters. The monoisotopic (exact) mass is 262 g/mol. The van der Waals surface area contributed by atoms with Gasteiger partial charge in [-0.1, -0.05) is 34.9 Å². The van der Waals surface area contributed by atoms with Gasteiger partial charge in [-0.3, -0.25) is 0 Å². The van der Waals surface area contributed by atoms with Gasteiger partial charge in [0.05, 0.1) is 4.83 Å². The first-order valence-electron chi connectivity index (χ1n) is 4.73. The number of aromatic nitrogens is 2. The van der Waals surface area contributed by atoms with Gasteiger partial charge in [-0.2, -0.15) is 4.98 Å². The summed E-state index contributed by atoms with van der Waals surface area (Å²) >= 11 is 3.45. The molecular weight excluding hydrogens is 248 g/mol. The molecule has 0 bridgehead atoms. The van der Waals surface area contributed by atoms with E-state index in [0.717, 1.165) is 12.8 Å². The maximum atomic E-state index is 5.21. The molecule has 0 saturated heterocycles. The van der Waals surface area contributed by atoms with Crippen LogP contribution in [0.4, 0.5) is 0 Å². The minimum Gasteiger partial charge on any atom is -0.373 e. The van der Waals surface area contributed by atoms with Gasteiger partial charge in [-0.25, -0.2) is 0 Å². The van der Waals surface area contributed by atoms with Gasteiger partial charge in [-0.15, -0.1) is 0 Å². The predicted octanol–water partition coefficient (Wildman–Crippen LogP) is 3.01. The molecule has 1 heterocycles. The highest BCUT2D eigenvalue weighted by Gasteiger charge is 2.18. The fourth-order valence-corrected chi connectivity index (χ4v) is 1.32. The average molecular weight is 263 g/mol. The Morgan fingerprint density at radius 1 is 1.43 bits per heavy atom. The van der Waals surface area contributed by atoms with E-state index in [9.17, 15) is 0 Å². The second-order valence-corrected chi connectivity index (χ2v) is 4.10. The molecule has 0 aromatic carbocycles. The molecule has 0 N–H and O–H groups in total. The van der Waals surface area contributed by atoms with Crippen LogP contribution >= 0.6 is 15.9 Å². The lowest BCUT2D eigenvalue weighted by Gasteiger charge is -2.06. The second-order valence-electron chi connectivity index (χ2n) is 3.00. The van der Waals surface area contributed by atoms with E-state index in [0.29, 0.717) is 11.7 Å². The Balaban J connectivity index is 2.76. The van der Waals surface area contributed by atoms with Crippen molar-refractivity contribution in [2.75, 3.05) is 7.11 Å². The quantitative estimate of drug-likeness (QED) is 0.766. The maximum absolute atomic E-state index is 5.21. The standard InChI is InChI=1S/C9H15BrN2O2/c1-4-6(10)9-11-8(12-14-9)7(5-2)13-3/h6-7H,4-5H2,1-3H3. The predicted molar refractivity (Wildman–Crippen MR) is 56.3 cm³/mol. The molecule has 2 unspecified atom stereocenters. The van der Waals surface area contributed by atoms with Crippen molar-refractivity contribution in [3.8, 4) is 0 Å². The van der Waals surface area contributed by atoms with Gasteiger partial charge >= 0.3 is 0 Å². The summed E-state index contributed by atoms with van der Waals surface area (Å²) < 4.78 is 10.3. The molecule has 14 heavy (non-hydrogen) atoms. The van der Waals surface area contributed by atoms with Crippen LogP contribution in [-0.2, 0) is 4.74 Å². The zero-order valence-electron chi connectivity index (χ0n) is 8.66. The summed E-state index contributed by atoms with van der Waals surface area (Å²) in [5.74, 6) is 1.25. The summed E-state index contributed by atoms with van der Waals surface area (Å²) in [4.78, 5) is 4.41. The van der Waals surface area contributed by atoms with E-state index in [-0.39, 0.29) is 10.9 Å². The first kappa shape index (κ1) is 11.7. The molecule has 0 spiro atoms. The lowest BCUT2D eigenvalue weighted by atomic mass is 10.2. The molecule has 4 nitrogen and oxygen atoms in total. The SMILES string of the molecule is CCC(Br)c1nc(C(CC)OC)no1. The summed E-state index contributed by atoms with van der Waals surface area (Å²) in [6.45, 7) is 4.08. The summed E-state index contributed by atoms with van der Waals surface area (Å²) in [6.07, 6.45) is 1.70. The topological polar surface area (TPSA) is 48.2 Å². The van der Waals surface area contributed by atoms with Crippen molar-refractivity contribution in [1.29, 1.82) is 0 Å². The molecule has 0 fully saturated rings. The largest absolute Gasteiger partial charge is 0.373 e. The Hall–Kier alpha value is -0.420. The first-order chi connectivity index (χ1) is 6.72. The van der Waals surface area contributed by atoms with Crippen molar-refractivity contribution >= 4 is 15.9 Å². The molecule has 0 saturated carbocycles. The molecule has 1 aromatic rings. The molecule has 0 aliphatic carbocycles. The van der Waals surface area contributed by atoms with Crippen LogP contribution < -0.4 is 0 Å². The summed E-state index contributed by atoms with van der Waals surface area (Å²) in [5, 5.41) is 3.89. The zero-order chi connectivity index (χ0) is 10.6. The molecule has 5 heteroatoms. The summed E-state index contributed by atoms with van der Waals surface area (Å²) in [7, 11) is 1.65. The van der Waals surface area contributed by atoms with Crippen LogP contribution in [-0.4, -0.2) is 17.3 Å². The number of methoxy groups -OCH3 is 1. The van der Waals surface area contributed by atoms with E-state index in [2.05, 4.69) is 33.0 Å². The van der Waals surface area contributed by atoms with Crippen molar-refractivity contribution < 1.29 is 9.26 Å². The molecule has 1 rings (SSSR count). The summed E-state index contributed by atoms with van der Waals surface area (Å²) in [6, 6.07) is 0. The second kappa shape index (κ2) is 5.46. The number of hydrogen-bond acceptors (Lipinski definition) is 4. The normalized spacial score (nSPS) is 15.4. The molecule has 80 valence electrons. The molecule has 0 radical (unpaired) electrons. The van der Waals surface area contributed by atoms with E-state index < -0.39 is 0 Å². The molecular formula is C9H15BrN2O2. The fourth-order valence-electron chi connectivity index (χ4n) is 1.13. The Morgan fingerprint density at radius 3 is 2.64 bits per heavy atom. The van der Waals surface area contributed by atoms with Crippen molar-refractivity contribution in [1.82, 2.24) is 10.1 Å². The Morgan fingerprint density at radius 2 is 2.14 bits per heavy atom. The Kier molecular flexibility index (Phi) is 4.54. The molecule has 0 aliphatic heterocycles. The van der Waals surface area contributed by atoms with Crippen LogP contribution in [0.2, 0.25) is 0 Å². The Labute approximate surface area is 92.2 Å². The smallest absolute Gasteiger partial charge is 0.240 e. The average Bonchev–Trinajstić information content (AvgIpc) is 2.68. The summed E-state index contributed by atoms with van der Waals surface area (Å²) in [5.41, 5.74) is 0. The number of ether oxygens (including phenoxy) is 1. The fraction of sp³-hybridized carbons (Fsp3) is 0.778. The van der Waals surface area contributed by atoms with Gasteiger partial charge in [0.1, 0.15) is 6.10 Å². The lowest BCUT2D eigenvalue weighted by Crippen LogP contribution is -2.02. The first-order valence-corrected chi connectivity index (χ1v) is 5.64. The van der Waals surface area contributed by atoms with Crippen LogP contribution in [0.25, 0.3) is 0 Å². The van der Waals surface area contributed by atoms with E-state index in [1.807, 2.05) is 6.92 Å². The van der Waals surface area contributed by atoms with Crippen LogP contribution in [0.3, 0.4) is 0 Å². The zero-order valence-corrected chi connectivity index (χ0v) is 10.2. The number of halogens is 1. The van der Waals surface area contributed by atoms with Gasteiger partial charge < -0.3 is 9.26 Å². The highest BCUT2D eigenvalue weighted by Crippen LogP contribution is 2.26. The van der Waals surface area contributed by atoms with Crippen molar-refractivity contribution in [3.63, 3.8) is 0 Å². The van der Waals surface area contributed by atoms with Gasteiger partial charge in [-0.05, 0) is 12.8 Å². The lowest BCUT2D eigenvalue weighted by molar-refractivity contribution is 0.0903. The van der Waals surface area contributed by atoms with Crippen LogP contribution in [0.5, 0.6) is 0 Å². The van der Waals surface area contributed by atoms with E-state index in [1.165, 1.54) is 0 Å². The number of rotatable bonds is 5. The van der Waals surface area contributed by atoms with E-state index in [1.54, 1.807) is 7.11 Å². The van der Waals surface area contributed by atoms with Gasteiger partial charge in [0.15, 0.2) is 0 Å². The van der Waals surface area contributed by atoms with Gasteiger partial charge in [0, 0.05) is 7.11 Å². The molecule has 0 amide bonds. The number of nitrogens with zero attached hydrogens (tertiary/aromatic N) is 2. The molecule has 0 aliphatic rings. The van der Waals surface area contributed by atoms with E-state index >= 15 is 0 Å². The van der Waals surface area contributed by atoms with Gasteiger partial charge in [0.25, 0.3) is 0 Å². The van der Waals surface area contributed by atoms with Crippen molar-refractivity contribution in [2.45, 2.75) is 37.6 Å².